The Bertz CT molecular complexity index is 2010. The fraction of sp³-hybridized carbons (Fsp3) is 0.219. The van der Waals surface area contributed by atoms with Crippen molar-refractivity contribution in [2.75, 3.05) is 19.5 Å². The van der Waals surface area contributed by atoms with Crippen LogP contribution in [0.1, 0.15) is 31.1 Å². The van der Waals surface area contributed by atoms with Crippen LogP contribution in [0.15, 0.2) is 65.4 Å². The number of anilines is 1. The van der Waals surface area contributed by atoms with Gasteiger partial charge in [-0.25, -0.2) is 18.4 Å². The smallest absolute Gasteiger partial charge is 0.238 e. The molecule has 4 heterocycles. The van der Waals surface area contributed by atoms with E-state index in [1.807, 2.05) is 42.5 Å². The lowest BCUT2D eigenvalue weighted by Crippen LogP contribution is -2.19. The molecular weight excluding hydrogens is 620 g/mol. The number of fused-ring (bicyclic) bond motifs is 4. The van der Waals surface area contributed by atoms with Crippen LogP contribution in [0.5, 0.6) is 11.6 Å². The van der Waals surface area contributed by atoms with Crippen LogP contribution in [0.3, 0.4) is 0 Å². The highest BCUT2D eigenvalue weighted by Gasteiger charge is 2.27. The first-order valence-electron chi connectivity index (χ1n) is 13.8. The highest BCUT2D eigenvalue weighted by molar-refractivity contribution is 9.10. The van der Waals surface area contributed by atoms with E-state index in [0.29, 0.717) is 50.4 Å². The Balaban J connectivity index is 1.47. The van der Waals surface area contributed by atoms with Gasteiger partial charge >= 0.3 is 0 Å². The Morgan fingerprint density at radius 3 is 2.67 bits per heavy atom. The van der Waals surface area contributed by atoms with Gasteiger partial charge in [-0.15, -0.1) is 0 Å². The van der Waals surface area contributed by atoms with Crippen LogP contribution < -0.4 is 15.2 Å². The molecule has 1 atom stereocenters. The van der Waals surface area contributed by atoms with E-state index in [4.69, 9.17) is 24.9 Å². The summed E-state index contributed by atoms with van der Waals surface area (Å²) < 4.78 is 50.4. The fourth-order valence-electron chi connectivity index (χ4n) is 5.69. The van der Waals surface area contributed by atoms with Crippen LogP contribution in [-0.2, 0) is 11.3 Å². The van der Waals surface area contributed by atoms with E-state index in [0.717, 1.165) is 35.6 Å². The molecule has 1 saturated heterocycles. The molecule has 0 aliphatic carbocycles. The fourth-order valence-corrected chi connectivity index (χ4v) is 6.24. The Hall–Kier alpha value is -4.35. The van der Waals surface area contributed by atoms with Crippen LogP contribution in [0, 0.1) is 11.6 Å². The van der Waals surface area contributed by atoms with Crippen LogP contribution in [-0.4, -0.2) is 33.5 Å². The first-order valence-corrected chi connectivity index (χ1v) is 14.6. The van der Waals surface area contributed by atoms with Crippen molar-refractivity contribution in [3.63, 3.8) is 0 Å². The average molecular weight is 646 g/mol. The van der Waals surface area contributed by atoms with Gasteiger partial charge in [0.1, 0.15) is 23.6 Å². The lowest BCUT2D eigenvalue weighted by Gasteiger charge is -2.23. The molecule has 3 aromatic heterocycles. The summed E-state index contributed by atoms with van der Waals surface area (Å²) in [5, 5.41) is 6.23. The van der Waals surface area contributed by atoms with Gasteiger partial charge in [0.05, 0.1) is 24.3 Å². The SMILES string of the molecule is COc1ccc(COc2nc3c(cc(Br)c4ncccc43)c(-c3cc(F)c(F)c4c3cnn4C3CCCCO3)c2N)cc1. The minimum Gasteiger partial charge on any atom is -0.497 e. The van der Waals surface area contributed by atoms with Crippen molar-refractivity contribution >= 4 is 54.3 Å². The van der Waals surface area contributed by atoms with E-state index < -0.39 is 17.9 Å². The lowest BCUT2D eigenvalue weighted by atomic mass is 9.95. The highest BCUT2D eigenvalue weighted by atomic mass is 79.9. The maximum Gasteiger partial charge on any atom is 0.238 e. The third-order valence-electron chi connectivity index (χ3n) is 7.80. The molecule has 0 spiro atoms. The molecule has 0 radical (unpaired) electrons. The minimum atomic E-state index is -1.02. The lowest BCUT2D eigenvalue weighted by molar-refractivity contribution is -0.0369. The number of aromatic nitrogens is 4. The Morgan fingerprint density at radius 1 is 1.07 bits per heavy atom. The largest absolute Gasteiger partial charge is 0.497 e. The van der Waals surface area contributed by atoms with Gasteiger partial charge in [-0.1, -0.05) is 12.1 Å². The molecule has 0 amide bonds. The first kappa shape index (κ1) is 27.5. The molecule has 0 bridgehead atoms. The number of hydrogen-bond acceptors (Lipinski definition) is 7. The van der Waals surface area contributed by atoms with Crippen molar-refractivity contribution in [1.29, 1.82) is 0 Å². The van der Waals surface area contributed by atoms with Gasteiger partial charge in [0, 0.05) is 39.0 Å². The number of ether oxygens (including phenoxy) is 3. The van der Waals surface area contributed by atoms with Gasteiger partial charge in [0.2, 0.25) is 5.88 Å². The Morgan fingerprint density at radius 2 is 1.91 bits per heavy atom. The van der Waals surface area contributed by atoms with Crippen molar-refractivity contribution < 1.29 is 23.0 Å². The zero-order valence-corrected chi connectivity index (χ0v) is 24.7. The summed E-state index contributed by atoms with van der Waals surface area (Å²) in [7, 11) is 1.60. The topological polar surface area (TPSA) is 97.3 Å². The van der Waals surface area contributed by atoms with Gasteiger partial charge in [-0.3, -0.25) is 4.98 Å². The molecule has 218 valence electrons. The van der Waals surface area contributed by atoms with E-state index in [1.165, 1.54) is 10.9 Å². The van der Waals surface area contributed by atoms with Crippen molar-refractivity contribution in [3.8, 4) is 22.8 Å². The summed E-state index contributed by atoms with van der Waals surface area (Å²) in [5.41, 5.74) is 9.95. The van der Waals surface area contributed by atoms with Crippen molar-refractivity contribution in [3.05, 3.63) is 82.6 Å². The van der Waals surface area contributed by atoms with Crippen LogP contribution in [0.25, 0.3) is 43.8 Å². The number of nitrogens with two attached hydrogens (primary N) is 1. The molecule has 1 fully saturated rings. The summed E-state index contributed by atoms with van der Waals surface area (Å²) in [6.45, 7) is 0.699. The third-order valence-corrected chi connectivity index (χ3v) is 8.41. The van der Waals surface area contributed by atoms with E-state index in [2.05, 4.69) is 26.0 Å². The van der Waals surface area contributed by atoms with Gasteiger partial charge in [0.25, 0.3) is 0 Å². The van der Waals surface area contributed by atoms with Crippen LogP contribution in [0.2, 0.25) is 0 Å². The molecule has 8 nitrogen and oxygen atoms in total. The van der Waals surface area contributed by atoms with Crippen molar-refractivity contribution in [2.24, 2.45) is 0 Å². The summed E-state index contributed by atoms with van der Waals surface area (Å²) in [4.78, 5) is 9.35. The molecule has 1 unspecified atom stereocenters. The molecular formula is C32H26BrF2N5O3. The van der Waals surface area contributed by atoms with Gasteiger partial charge < -0.3 is 19.9 Å². The number of nitrogens with zero attached hydrogens (tertiary/aromatic N) is 4. The van der Waals surface area contributed by atoms with Crippen molar-refractivity contribution in [2.45, 2.75) is 32.1 Å². The second-order valence-electron chi connectivity index (χ2n) is 10.4. The number of benzene rings is 3. The zero-order chi connectivity index (χ0) is 29.7. The van der Waals surface area contributed by atoms with Crippen LogP contribution >= 0.6 is 15.9 Å². The average Bonchev–Trinajstić information content (AvgIpc) is 3.49. The maximum absolute atomic E-state index is 15.5. The number of pyridine rings is 2. The van der Waals surface area contributed by atoms with E-state index in [-0.39, 0.29) is 23.7 Å². The molecule has 43 heavy (non-hydrogen) atoms. The molecule has 11 heteroatoms. The number of methoxy groups -OCH3 is 1. The van der Waals surface area contributed by atoms with Gasteiger partial charge in [0.15, 0.2) is 17.9 Å². The van der Waals surface area contributed by atoms with E-state index in [9.17, 15) is 0 Å². The van der Waals surface area contributed by atoms with Gasteiger partial charge in [-0.2, -0.15) is 5.10 Å². The van der Waals surface area contributed by atoms with E-state index in [1.54, 1.807) is 13.3 Å². The molecule has 7 rings (SSSR count). The predicted molar refractivity (Wildman–Crippen MR) is 164 cm³/mol. The van der Waals surface area contributed by atoms with Gasteiger partial charge in [-0.05, 0) is 82.7 Å². The predicted octanol–water partition coefficient (Wildman–Crippen LogP) is 7.71. The second-order valence-corrected chi connectivity index (χ2v) is 11.2. The molecule has 1 aliphatic heterocycles. The molecule has 2 N–H and O–H groups in total. The van der Waals surface area contributed by atoms with Crippen molar-refractivity contribution in [1.82, 2.24) is 19.7 Å². The number of halogens is 3. The number of rotatable bonds is 6. The summed E-state index contributed by atoms with van der Waals surface area (Å²) in [6, 6.07) is 14.2. The molecule has 1 aliphatic rings. The molecule has 3 aromatic carbocycles. The standard InChI is InChI=1S/C32H26BrF2N5O3/c1-41-18-9-7-17(8-10-18)16-43-32-28(36)26(21-13-23(33)30-19(29(21)39-32)5-4-11-37-30)20-14-24(34)27(35)31-22(20)15-38-40(31)25-6-2-3-12-42-25/h4-5,7-11,13-15,25H,2-3,6,12,16,36H2,1H3. The Labute approximate surface area is 253 Å². The van der Waals surface area contributed by atoms with Crippen LogP contribution in [0.4, 0.5) is 14.5 Å². The molecule has 6 aromatic rings. The maximum atomic E-state index is 15.5. The highest BCUT2D eigenvalue weighted by Crippen LogP contribution is 2.45. The summed E-state index contributed by atoms with van der Waals surface area (Å²) in [5.74, 6) is -1.13. The number of nitrogen functional groups attached to an aromatic ring is 1. The first-order chi connectivity index (χ1) is 20.9. The monoisotopic (exact) mass is 645 g/mol. The number of hydrogen-bond donors (Lipinski definition) is 1. The third kappa shape index (κ3) is 4.72. The normalized spacial score (nSPS) is 15.4. The molecule has 0 saturated carbocycles. The summed E-state index contributed by atoms with van der Waals surface area (Å²) in [6.07, 6.45) is 5.20. The zero-order valence-electron chi connectivity index (χ0n) is 23.1. The Kier molecular flexibility index (Phi) is 7.06. The quantitative estimate of drug-likeness (QED) is 0.185. The minimum absolute atomic E-state index is 0.0217. The second kappa shape index (κ2) is 11.1. The summed E-state index contributed by atoms with van der Waals surface area (Å²) >= 11 is 3.63. The van der Waals surface area contributed by atoms with E-state index >= 15 is 8.78 Å².